The molecule has 0 radical (unpaired) electrons. The second-order valence-corrected chi connectivity index (χ2v) is 7.18. The van der Waals surface area contributed by atoms with Crippen molar-refractivity contribution < 1.29 is 9.32 Å². The van der Waals surface area contributed by atoms with Crippen LogP contribution in [-0.4, -0.2) is 37.0 Å². The van der Waals surface area contributed by atoms with Gasteiger partial charge in [0.25, 0.3) is 5.89 Å². The second kappa shape index (κ2) is 8.82. The van der Waals surface area contributed by atoms with Crippen LogP contribution in [0, 0.1) is 0 Å². The number of likely N-dealkylation sites (tertiary alicyclic amines) is 1. The predicted octanol–water partition coefficient (Wildman–Crippen LogP) is 3.86. The van der Waals surface area contributed by atoms with Crippen LogP contribution >= 0.6 is 0 Å². The first-order valence-electron chi connectivity index (χ1n) is 9.95. The van der Waals surface area contributed by atoms with E-state index in [9.17, 15) is 4.79 Å². The summed E-state index contributed by atoms with van der Waals surface area (Å²) >= 11 is 0. The fourth-order valence-electron chi connectivity index (χ4n) is 3.72. The maximum atomic E-state index is 13.0. The van der Waals surface area contributed by atoms with Crippen molar-refractivity contribution in [2.45, 2.75) is 51.1 Å². The van der Waals surface area contributed by atoms with Crippen molar-refractivity contribution in [3.8, 4) is 11.5 Å². The molecule has 1 saturated heterocycles. The molecule has 1 atom stereocenters. The van der Waals surface area contributed by atoms with Gasteiger partial charge in [-0.2, -0.15) is 4.98 Å². The molecule has 1 aromatic carbocycles. The summed E-state index contributed by atoms with van der Waals surface area (Å²) in [5.74, 6) is 1.29. The molecule has 1 amide bonds. The largest absolute Gasteiger partial charge is 0.337 e. The highest BCUT2D eigenvalue weighted by atomic mass is 16.5. The number of carbonyl (C=O) groups excluding carboxylic acids is 1. The Morgan fingerprint density at radius 1 is 1.18 bits per heavy atom. The second-order valence-electron chi connectivity index (χ2n) is 7.18. The van der Waals surface area contributed by atoms with Gasteiger partial charge in [-0.25, -0.2) is 4.98 Å². The fraction of sp³-hybridized carbons (Fsp3) is 0.429. The van der Waals surface area contributed by atoms with Gasteiger partial charge in [-0.15, -0.1) is 0 Å². The number of hydrogen-bond donors (Lipinski definition) is 0. The molecule has 3 heterocycles. The lowest BCUT2D eigenvalue weighted by Gasteiger charge is -2.28. The van der Waals surface area contributed by atoms with Gasteiger partial charge in [-0.05, 0) is 31.4 Å². The van der Waals surface area contributed by atoms with Crippen LogP contribution in [-0.2, 0) is 11.3 Å². The van der Waals surface area contributed by atoms with Gasteiger partial charge in [0.15, 0.2) is 5.82 Å². The number of hydrogen-bond acceptors (Lipinski definition) is 5. The Bertz CT molecular complexity index is 875. The Hall–Kier alpha value is -2.96. The molecule has 1 aliphatic rings. The van der Waals surface area contributed by atoms with Crippen molar-refractivity contribution in [2.75, 3.05) is 6.54 Å². The fourth-order valence-corrected chi connectivity index (χ4v) is 3.72. The third-order valence-corrected chi connectivity index (χ3v) is 5.20. The molecular weight excluding hydrogens is 354 g/mol. The lowest BCUT2D eigenvalue weighted by molar-refractivity contribution is -0.134. The zero-order valence-electron chi connectivity index (χ0n) is 15.9. The molecule has 0 bridgehead atoms. The monoisotopic (exact) mass is 379 g/mol. The summed E-state index contributed by atoms with van der Waals surface area (Å²) in [6.45, 7) is 1.55. The van der Waals surface area contributed by atoms with Crippen molar-refractivity contribution in [3.05, 3.63) is 54.9 Å². The minimum Gasteiger partial charge on any atom is -0.337 e. The van der Waals surface area contributed by atoms with E-state index >= 15 is 0 Å². The summed E-state index contributed by atoms with van der Waals surface area (Å²) in [5.41, 5.74) is 0.896. The smallest absolute Gasteiger partial charge is 0.257 e. The zero-order valence-corrected chi connectivity index (χ0v) is 15.9. The SMILES string of the molecule is O=C(CCCn1ccnc1)N1CCCCC[C@H]1c1noc(-c2ccccc2)n1. The van der Waals surface area contributed by atoms with Gasteiger partial charge < -0.3 is 14.0 Å². The Morgan fingerprint density at radius 3 is 2.89 bits per heavy atom. The Labute approximate surface area is 164 Å². The quantitative estimate of drug-likeness (QED) is 0.650. The zero-order chi connectivity index (χ0) is 19.2. The number of carbonyl (C=O) groups is 1. The van der Waals surface area contributed by atoms with E-state index in [4.69, 9.17) is 4.52 Å². The van der Waals surface area contributed by atoms with Gasteiger partial charge in [0.1, 0.15) is 0 Å². The highest BCUT2D eigenvalue weighted by Crippen LogP contribution is 2.30. The van der Waals surface area contributed by atoms with Gasteiger partial charge in [-0.1, -0.05) is 36.2 Å². The molecule has 7 heteroatoms. The average molecular weight is 379 g/mol. The van der Waals surface area contributed by atoms with E-state index in [0.29, 0.717) is 18.1 Å². The predicted molar refractivity (Wildman–Crippen MR) is 104 cm³/mol. The standard InChI is InChI=1S/C21H25N5O2/c27-19(11-7-13-25-15-12-22-16-25)26-14-6-2-5-10-18(26)20-23-21(28-24-20)17-8-3-1-4-9-17/h1,3-4,8-9,12,15-16,18H,2,5-7,10-11,13-14H2/t18-/m0/s1. The lowest BCUT2D eigenvalue weighted by atomic mass is 10.1. The van der Waals surface area contributed by atoms with E-state index in [1.54, 1.807) is 12.5 Å². The summed E-state index contributed by atoms with van der Waals surface area (Å²) in [7, 11) is 0. The number of benzene rings is 1. The number of nitrogens with zero attached hydrogens (tertiary/aromatic N) is 5. The van der Waals surface area contributed by atoms with Crippen molar-refractivity contribution in [1.29, 1.82) is 0 Å². The highest BCUT2D eigenvalue weighted by Gasteiger charge is 2.30. The van der Waals surface area contributed by atoms with Gasteiger partial charge in [-0.3, -0.25) is 4.79 Å². The molecule has 0 N–H and O–H groups in total. The first-order valence-corrected chi connectivity index (χ1v) is 9.95. The van der Waals surface area contributed by atoms with Crippen LogP contribution in [0.2, 0.25) is 0 Å². The van der Waals surface area contributed by atoms with Crippen LogP contribution in [0.3, 0.4) is 0 Å². The summed E-state index contributed by atoms with van der Waals surface area (Å²) in [4.78, 5) is 23.6. The molecule has 1 fully saturated rings. The van der Waals surface area contributed by atoms with E-state index in [1.807, 2.05) is 46.0 Å². The molecule has 3 aromatic rings. The number of imidazole rings is 1. The number of aryl methyl sites for hydroxylation is 1. The van der Waals surface area contributed by atoms with Crippen LogP contribution in [0.15, 0.2) is 53.6 Å². The Kier molecular flexibility index (Phi) is 5.80. The van der Waals surface area contributed by atoms with Gasteiger partial charge in [0.05, 0.1) is 12.4 Å². The molecule has 0 aliphatic carbocycles. The molecular formula is C21H25N5O2. The van der Waals surface area contributed by atoms with E-state index in [2.05, 4.69) is 15.1 Å². The highest BCUT2D eigenvalue weighted by molar-refractivity contribution is 5.76. The maximum Gasteiger partial charge on any atom is 0.257 e. The molecule has 0 spiro atoms. The summed E-state index contributed by atoms with van der Waals surface area (Å²) in [6, 6.07) is 9.63. The van der Waals surface area contributed by atoms with E-state index in [0.717, 1.165) is 50.8 Å². The van der Waals surface area contributed by atoms with E-state index < -0.39 is 0 Å². The van der Waals surface area contributed by atoms with Crippen LogP contribution in [0.4, 0.5) is 0 Å². The molecule has 28 heavy (non-hydrogen) atoms. The summed E-state index contributed by atoms with van der Waals surface area (Å²) < 4.78 is 7.49. The third kappa shape index (κ3) is 4.30. The maximum absolute atomic E-state index is 13.0. The molecule has 1 aliphatic heterocycles. The molecule has 146 valence electrons. The van der Waals surface area contributed by atoms with Crippen molar-refractivity contribution in [1.82, 2.24) is 24.6 Å². The van der Waals surface area contributed by atoms with Gasteiger partial charge in [0, 0.05) is 37.5 Å². The minimum atomic E-state index is -0.107. The summed E-state index contributed by atoms with van der Waals surface area (Å²) in [6.07, 6.45) is 10.9. The van der Waals surface area contributed by atoms with Crippen LogP contribution < -0.4 is 0 Å². The molecule has 2 aromatic heterocycles. The van der Waals surface area contributed by atoms with Gasteiger partial charge in [0.2, 0.25) is 5.91 Å². The first kappa shape index (κ1) is 18.4. The molecule has 0 saturated carbocycles. The third-order valence-electron chi connectivity index (χ3n) is 5.20. The number of rotatable bonds is 6. The van der Waals surface area contributed by atoms with Gasteiger partial charge >= 0.3 is 0 Å². The first-order chi connectivity index (χ1) is 13.8. The lowest BCUT2D eigenvalue weighted by Crippen LogP contribution is -2.35. The molecule has 0 unspecified atom stereocenters. The topological polar surface area (TPSA) is 77.0 Å². The minimum absolute atomic E-state index is 0.107. The Balaban J connectivity index is 1.46. The van der Waals surface area contributed by atoms with Crippen LogP contribution in [0.25, 0.3) is 11.5 Å². The average Bonchev–Trinajstić information content (AvgIpc) is 3.36. The number of aromatic nitrogens is 4. The van der Waals surface area contributed by atoms with Crippen LogP contribution in [0.1, 0.15) is 50.4 Å². The Morgan fingerprint density at radius 2 is 2.07 bits per heavy atom. The van der Waals surface area contributed by atoms with Crippen molar-refractivity contribution in [2.24, 2.45) is 0 Å². The van der Waals surface area contributed by atoms with E-state index in [1.165, 1.54) is 0 Å². The van der Waals surface area contributed by atoms with Crippen LogP contribution in [0.5, 0.6) is 0 Å². The van der Waals surface area contributed by atoms with Crippen molar-refractivity contribution in [3.63, 3.8) is 0 Å². The summed E-state index contributed by atoms with van der Waals surface area (Å²) in [5, 5.41) is 4.22. The van der Waals surface area contributed by atoms with Crippen molar-refractivity contribution >= 4 is 5.91 Å². The molecule has 4 rings (SSSR count). The normalized spacial score (nSPS) is 17.4. The number of amides is 1. The molecule has 7 nitrogen and oxygen atoms in total. The van der Waals surface area contributed by atoms with E-state index in [-0.39, 0.29) is 11.9 Å².